The summed E-state index contributed by atoms with van der Waals surface area (Å²) in [4.78, 5) is 0. The van der Waals surface area contributed by atoms with Crippen LogP contribution in [-0.2, 0) is 0 Å². The molecule has 0 saturated heterocycles. The van der Waals surface area contributed by atoms with Crippen LogP contribution < -0.4 is 0 Å². The minimum absolute atomic E-state index is 0.454. The van der Waals surface area contributed by atoms with Gasteiger partial charge in [0.25, 0.3) is 0 Å². The molecule has 0 aliphatic rings. The monoisotopic (exact) mass is 624 g/mol. The van der Waals surface area contributed by atoms with Crippen LogP contribution in [0.2, 0.25) is 0 Å². The smallest absolute Gasteiger partial charge is 0.0624 e. The quantitative estimate of drug-likeness (QED) is 0.108. The van der Waals surface area contributed by atoms with E-state index in [0.717, 1.165) is 55.0 Å². The van der Waals surface area contributed by atoms with E-state index in [1.807, 2.05) is 12.2 Å². The van der Waals surface area contributed by atoms with Crippen LogP contribution in [0.25, 0.3) is 76.5 Å². The second-order valence-electron chi connectivity index (χ2n) is 12.6. The van der Waals surface area contributed by atoms with Crippen LogP contribution in [0.1, 0.15) is 11.1 Å². The molecule has 0 radical (unpaired) electrons. The Bertz CT molecular complexity index is 2730. The largest absolute Gasteiger partial charge is 0.309 e. The van der Waals surface area contributed by atoms with Gasteiger partial charge >= 0.3 is 0 Å². The predicted octanol–water partition coefficient (Wildman–Crippen LogP) is 12.5. The molecule has 0 aliphatic carbocycles. The zero-order valence-corrected chi connectivity index (χ0v) is 26.9. The highest BCUT2D eigenvalue weighted by atomic mass is 15.0. The Morgan fingerprint density at radius 1 is 0.510 bits per heavy atom. The average molecular weight is 625 g/mol. The third kappa shape index (κ3) is 4.69. The van der Waals surface area contributed by atoms with Gasteiger partial charge in [0, 0.05) is 27.6 Å². The lowest BCUT2D eigenvalue weighted by Crippen LogP contribution is -2.00. The lowest BCUT2D eigenvalue weighted by molar-refractivity contribution is 1.18. The molecule has 230 valence electrons. The molecular formula is C47H32N2. The Hall–Kier alpha value is -6.51. The van der Waals surface area contributed by atoms with E-state index in [0.29, 0.717) is 5.71 Å². The summed E-state index contributed by atoms with van der Waals surface area (Å²) in [7, 11) is 0. The molecule has 1 N–H and O–H groups in total. The van der Waals surface area contributed by atoms with Crippen molar-refractivity contribution >= 4 is 65.4 Å². The van der Waals surface area contributed by atoms with Crippen LogP contribution in [0, 0.1) is 5.41 Å². The number of hydrogen-bond acceptors (Lipinski definition) is 1. The van der Waals surface area contributed by atoms with E-state index in [9.17, 15) is 5.41 Å². The Morgan fingerprint density at radius 3 is 1.73 bits per heavy atom. The Morgan fingerprint density at radius 2 is 1.06 bits per heavy atom. The molecule has 0 fully saturated rings. The zero-order valence-electron chi connectivity index (χ0n) is 26.9. The molecule has 0 unspecified atom stereocenters. The highest BCUT2D eigenvalue weighted by Crippen LogP contribution is 2.41. The first-order valence-corrected chi connectivity index (χ1v) is 16.6. The lowest BCUT2D eigenvalue weighted by atomic mass is 9.86. The molecule has 0 aliphatic heterocycles. The van der Waals surface area contributed by atoms with Crippen molar-refractivity contribution in [2.75, 3.05) is 0 Å². The van der Waals surface area contributed by atoms with Gasteiger partial charge in [-0.15, -0.1) is 0 Å². The summed E-state index contributed by atoms with van der Waals surface area (Å²) < 4.78 is 2.36. The molecule has 2 nitrogen and oxygen atoms in total. The van der Waals surface area contributed by atoms with Gasteiger partial charge in [-0.3, -0.25) is 0 Å². The SMILES string of the molecule is C=C(/C=C\C(=N)c1c2ccccc2c(-c2ccccc2)c2ccccc12)c1cccc2c3cc4ccccc4cc3n(-c3ccccc3)c12. The molecule has 9 rings (SSSR count). The number of aromatic nitrogens is 1. The van der Waals surface area contributed by atoms with E-state index in [1.165, 1.54) is 32.7 Å². The van der Waals surface area contributed by atoms with Crippen LogP contribution in [0.4, 0.5) is 0 Å². The van der Waals surface area contributed by atoms with E-state index < -0.39 is 0 Å². The molecule has 2 heteroatoms. The summed E-state index contributed by atoms with van der Waals surface area (Å²) in [5.74, 6) is 0. The average Bonchev–Trinajstić information content (AvgIpc) is 3.48. The summed E-state index contributed by atoms with van der Waals surface area (Å²) in [6, 6.07) is 57.7. The second kappa shape index (κ2) is 11.6. The number of rotatable bonds is 6. The third-order valence-electron chi connectivity index (χ3n) is 9.73. The first-order valence-electron chi connectivity index (χ1n) is 16.6. The van der Waals surface area contributed by atoms with Crippen LogP contribution >= 0.6 is 0 Å². The standard InChI is InChI=1S/C47H32N2/c1-31(27-28-43(48)46-39-23-12-10-21-37(39)45(32-15-4-2-5-16-32)38-22-11-13-24-40(38)46)36-25-14-26-41-42-29-33-17-8-9-18-34(33)30-44(42)49(47(36)41)35-19-6-3-7-20-35/h2-30,48H,1H2/b28-27-,48-43?. The van der Waals surface area contributed by atoms with Gasteiger partial charge in [-0.25, -0.2) is 0 Å². The van der Waals surface area contributed by atoms with Crippen LogP contribution in [0.15, 0.2) is 183 Å². The summed E-state index contributed by atoms with van der Waals surface area (Å²) >= 11 is 0. The van der Waals surface area contributed by atoms with Crippen molar-refractivity contribution in [3.05, 3.63) is 194 Å². The Balaban J connectivity index is 1.21. The molecule has 0 amide bonds. The zero-order chi connectivity index (χ0) is 32.9. The maximum absolute atomic E-state index is 9.50. The molecule has 0 atom stereocenters. The first kappa shape index (κ1) is 28.7. The van der Waals surface area contributed by atoms with Crippen molar-refractivity contribution in [3.63, 3.8) is 0 Å². The van der Waals surface area contributed by atoms with E-state index in [2.05, 4.69) is 175 Å². The number of nitrogens with zero attached hydrogens (tertiary/aromatic N) is 1. The van der Waals surface area contributed by atoms with Gasteiger partial charge in [0.05, 0.1) is 16.7 Å². The summed E-state index contributed by atoms with van der Waals surface area (Å²) in [6.45, 7) is 4.58. The van der Waals surface area contributed by atoms with E-state index in [-0.39, 0.29) is 0 Å². The topological polar surface area (TPSA) is 28.8 Å². The number of para-hydroxylation sites is 2. The molecule has 1 aromatic heterocycles. The fourth-order valence-electron chi connectivity index (χ4n) is 7.55. The fraction of sp³-hybridized carbons (Fsp3) is 0. The Kier molecular flexibility index (Phi) is 6.81. The van der Waals surface area contributed by atoms with Gasteiger partial charge in [-0.05, 0) is 79.4 Å². The van der Waals surface area contributed by atoms with Crippen molar-refractivity contribution in [2.24, 2.45) is 0 Å². The highest BCUT2D eigenvalue weighted by Gasteiger charge is 2.19. The van der Waals surface area contributed by atoms with Gasteiger partial charge in [-0.1, -0.05) is 152 Å². The maximum Gasteiger partial charge on any atom is 0.0624 e. The number of benzene rings is 8. The minimum Gasteiger partial charge on any atom is -0.309 e. The summed E-state index contributed by atoms with van der Waals surface area (Å²) in [5.41, 5.74) is 9.03. The molecule has 8 aromatic carbocycles. The fourth-order valence-corrected chi connectivity index (χ4v) is 7.55. The van der Waals surface area contributed by atoms with E-state index in [1.54, 1.807) is 0 Å². The number of fused-ring (bicyclic) bond motifs is 6. The van der Waals surface area contributed by atoms with Crippen molar-refractivity contribution in [2.45, 2.75) is 0 Å². The number of nitrogens with one attached hydrogen (secondary N) is 1. The van der Waals surface area contributed by atoms with E-state index >= 15 is 0 Å². The maximum atomic E-state index is 9.50. The molecular weight excluding hydrogens is 593 g/mol. The Labute approximate surface area is 285 Å². The summed E-state index contributed by atoms with van der Waals surface area (Å²) in [6.07, 6.45) is 3.93. The molecule has 0 bridgehead atoms. The molecule has 9 aromatic rings. The number of allylic oxidation sites excluding steroid dienone is 3. The van der Waals surface area contributed by atoms with Gasteiger partial charge < -0.3 is 9.98 Å². The van der Waals surface area contributed by atoms with Crippen molar-refractivity contribution < 1.29 is 0 Å². The number of hydrogen-bond donors (Lipinski definition) is 1. The third-order valence-corrected chi connectivity index (χ3v) is 9.73. The van der Waals surface area contributed by atoms with Gasteiger partial charge in [0.1, 0.15) is 0 Å². The van der Waals surface area contributed by atoms with Crippen molar-refractivity contribution in [1.29, 1.82) is 5.41 Å². The predicted molar refractivity (Wildman–Crippen MR) is 210 cm³/mol. The highest BCUT2D eigenvalue weighted by molar-refractivity contribution is 6.28. The van der Waals surface area contributed by atoms with Crippen LogP contribution in [0.5, 0.6) is 0 Å². The van der Waals surface area contributed by atoms with Crippen molar-refractivity contribution in [3.8, 4) is 16.8 Å². The van der Waals surface area contributed by atoms with Crippen LogP contribution in [0.3, 0.4) is 0 Å². The van der Waals surface area contributed by atoms with Crippen molar-refractivity contribution in [1.82, 2.24) is 4.57 Å². The second-order valence-corrected chi connectivity index (χ2v) is 12.6. The molecule has 0 saturated carbocycles. The molecule has 0 spiro atoms. The summed E-state index contributed by atoms with van der Waals surface area (Å²) in [5, 5.41) is 18.7. The van der Waals surface area contributed by atoms with Gasteiger partial charge in [0.15, 0.2) is 0 Å². The van der Waals surface area contributed by atoms with Gasteiger partial charge in [0.2, 0.25) is 0 Å². The molecule has 1 heterocycles. The molecule has 49 heavy (non-hydrogen) atoms. The minimum atomic E-state index is 0.454. The first-order chi connectivity index (χ1) is 24.2. The van der Waals surface area contributed by atoms with Crippen LogP contribution in [-0.4, -0.2) is 10.3 Å². The van der Waals surface area contributed by atoms with Gasteiger partial charge in [-0.2, -0.15) is 0 Å². The van der Waals surface area contributed by atoms with E-state index in [4.69, 9.17) is 0 Å². The normalized spacial score (nSPS) is 11.8. The lowest BCUT2D eigenvalue weighted by Gasteiger charge is -2.17.